The summed E-state index contributed by atoms with van der Waals surface area (Å²) in [4.78, 5) is 10.4. The maximum Gasteiger partial charge on any atom is 0.125 e. The predicted octanol–water partition coefficient (Wildman–Crippen LogP) is 2.26. The van der Waals surface area contributed by atoms with E-state index in [2.05, 4.69) is 13.8 Å². The Morgan fingerprint density at radius 2 is 1.89 bits per heavy atom. The van der Waals surface area contributed by atoms with E-state index in [1.54, 1.807) is 0 Å². The second kappa shape index (κ2) is 3.00. The second-order valence-corrected chi connectivity index (χ2v) is 3.70. The van der Waals surface area contributed by atoms with Gasteiger partial charge in [-0.2, -0.15) is 0 Å². The molecule has 54 valence electrons. The molecule has 0 aromatic heterocycles. The average molecular weight is 128 g/mol. The molecule has 0 aliphatic carbocycles. The number of carbonyl (C=O) groups is 1. The Morgan fingerprint density at radius 1 is 1.44 bits per heavy atom. The van der Waals surface area contributed by atoms with Crippen molar-refractivity contribution in [3.8, 4) is 0 Å². The third kappa shape index (κ3) is 4.19. The van der Waals surface area contributed by atoms with Gasteiger partial charge in [0.15, 0.2) is 0 Å². The lowest BCUT2D eigenvalue weighted by atomic mass is 9.86. The van der Waals surface area contributed by atoms with Crippen LogP contribution < -0.4 is 0 Å². The van der Waals surface area contributed by atoms with E-state index in [0.29, 0.717) is 5.92 Å². The van der Waals surface area contributed by atoms with Crippen LogP contribution in [0.2, 0.25) is 0 Å². The summed E-state index contributed by atoms with van der Waals surface area (Å²) in [7, 11) is 0. The zero-order valence-corrected chi connectivity index (χ0v) is 6.77. The van der Waals surface area contributed by atoms with Gasteiger partial charge in [0.2, 0.25) is 0 Å². The minimum atomic E-state index is -0.117. The fraction of sp³-hybridized carbons (Fsp3) is 0.875. The molecule has 0 bridgehead atoms. The summed E-state index contributed by atoms with van der Waals surface area (Å²) < 4.78 is 0. The van der Waals surface area contributed by atoms with E-state index in [0.717, 1.165) is 12.7 Å². The van der Waals surface area contributed by atoms with Crippen LogP contribution in [0.25, 0.3) is 0 Å². The van der Waals surface area contributed by atoms with Crippen LogP contribution in [0.15, 0.2) is 0 Å². The van der Waals surface area contributed by atoms with Gasteiger partial charge < -0.3 is 4.79 Å². The number of aldehydes is 1. The first-order valence-corrected chi connectivity index (χ1v) is 3.44. The molecule has 0 N–H and O–H groups in total. The predicted molar refractivity (Wildman–Crippen MR) is 39.3 cm³/mol. The van der Waals surface area contributed by atoms with Crippen LogP contribution >= 0.6 is 0 Å². The molecule has 0 radical (unpaired) electrons. The quantitative estimate of drug-likeness (QED) is 0.533. The first kappa shape index (κ1) is 8.67. The van der Waals surface area contributed by atoms with Crippen LogP contribution in [-0.4, -0.2) is 6.29 Å². The van der Waals surface area contributed by atoms with Crippen LogP contribution in [-0.2, 0) is 4.79 Å². The van der Waals surface area contributed by atoms with E-state index in [4.69, 9.17) is 0 Å². The molecule has 0 aliphatic heterocycles. The smallest absolute Gasteiger partial charge is 0.125 e. The highest BCUT2D eigenvalue weighted by atomic mass is 16.1. The molecule has 0 aliphatic rings. The third-order valence-corrected chi connectivity index (χ3v) is 1.25. The van der Waals surface area contributed by atoms with Crippen molar-refractivity contribution >= 4 is 6.29 Å². The van der Waals surface area contributed by atoms with Crippen molar-refractivity contribution in [3.63, 3.8) is 0 Å². The van der Waals surface area contributed by atoms with Gasteiger partial charge in [0.25, 0.3) is 0 Å². The molecular weight excluding hydrogens is 112 g/mol. The topological polar surface area (TPSA) is 17.1 Å². The van der Waals surface area contributed by atoms with Crippen LogP contribution in [0.3, 0.4) is 0 Å². The molecule has 0 atom stereocenters. The Bertz CT molecular complexity index is 92.7. The van der Waals surface area contributed by atoms with E-state index in [9.17, 15) is 4.79 Å². The molecule has 0 aromatic rings. The SMILES string of the molecule is CC(C)CC(C)(C)C=O. The van der Waals surface area contributed by atoms with E-state index < -0.39 is 0 Å². The molecule has 0 rings (SSSR count). The molecule has 0 spiro atoms. The highest BCUT2D eigenvalue weighted by Gasteiger charge is 2.17. The van der Waals surface area contributed by atoms with Gasteiger partial charge in [0.05, 0.1) is 0 Å². The number of carbonyl (C=O) groups excluding carboxylic acids is 1. The maximum absolute atomic E-state index is 10.4. The minimum absolute atomic E-state index is 0.117. The van der Waals surface area contributed by atoms with Gasteiger partial charge in [-0.15, -0.1) is 0 Å². The summed E-state index contributed by atoms with van der Waals surface area (Å²) in [6.45, 7) is 8.20. The Balaban J connectivity index is 3.71. The first-order valence-electron chi connectivity index (χ1n) is 3.44. The fourth-order valence-corrected chi connectivity index (χ4v) is 1.10. The fourth-order valence-electron chi connectivity index (χ4n) is 1.10. The van der Waals surface area contributed by atoms with E-state index in [1.165, 1.54) is 0 Å². The van der Waals surface area contributed by atoms with Crippen LogP contribution in [0.4, 0.5) is 0 Å². The second-order valence-electron chi connectivity index (χ2n) is 3.70. The van der Waals surface area contributed by atoms with E-state index >= 15 is 0 Å². The monoisotopic (exact) mass is 128 g/mol. The van der Waals surface area contributed by atoms with E-state index in [-0.39, 0.29) is 5.41 Å². The van der Waals surface area contributed by atoms with Gasteiger partial charge in [-0.05, 0) is 12.3 Å². The van der Waals surface area contributed by atoms with Crippen molar-refractivity contribution in [2.24, 2.45) is 11.3 Å². The summed E-state index contributed by atoms with van der Waals surface area (Å²) in [6, 6.07) is 0. The Hall–Kier alpha value is -0.330. The van der Waals surface area contributed by atoms with E-state index in [1.807, 2.05) is 13.8 Å². The zero-order valence-electron chi connectivity index (χ0n) is 6.77. The first-order chi connectivity index (χ1) is 3.98. The summed E-state index contributed by atoms with van der Waals surface area (Å²) in [5.41, 5.74) is -0.117. The molecule has 9 heavy (non-hydrogen) atoms. The highest BCUT2D eigenvalue weighted by molar-refractivity contribution is 5.57. The van der Waals surface area contributed by atoms with Crippen molar-refractivity contribution in [3.05, 3.63) is 0 Å². The van der Waals surface area contributed by atoms with Crippen molar-refractivity contribution in [1.82, 2.24) is 0 Å². The number of hydrogen-bond donors (Lipinski definition) is 0. The lowest BCUT2D eigenvalue weighted by Crippen LogP contribution is -2.15. The molecule has 0 fully saturated rings. The number of hydrogen-bond acceptors (Lipinski definition) is 1. The largest absolute Gasteiger partial charge is 0.303 e. The van der Waals surface area contributed by atoms with Crippen molar-refractivity contribution in [1.29, 1.82) is 0 Å². The average Bonchev–Trinajstić information content (AvgIpc) is 1.63. The lowest BCUT2D eigenvalue weighted by molar-refractivity contribution is -0.115. The van der Waals surface area contributed by atoms with Crippen molar-refractivity contribution in [2.75, 3.05) is 0 Å². The molecule has 0 unspecified atom stereocenters. The van der Waals surface area contributed by atoms with Gasteiger partial charge in [-0.3, -0.25) is 0 Å². The third-order valence-electron chi connectivity index (χ3n) is 1.25. The molecule has 0 amide bonds. The highest BCUT2D eigenvalue weighted by Crippen LogP contribution is 2.21. The summed E-state index contributed by atoms with van der Waals surface area (Å²) in [5, 5.41) is 0. The van der Waals surface area contributed by atoms with Gasteiger partial charge in [0, 0.05) is 5.41 Å². The Labute approximate surface area is 57.5 Å². The van der Waals surface area contributed by atoms with Gasteiger partial charge in [0.1, 0.15) is 6.29 Å². The molecular formula is C8H16O. The normalized spacial score (nSPS) is 12.1. The molecule has 0 saturated heterocycles. The van der Waals surface area contributed by atoms with Crippen molar-refractivity contribution < 1.29 is 4.79 Å². The molecule has 1 heteroatoms. The summed E-state index contributed by atoms with van der Waals surface area (Å²) >= 11 is 0. The standard InChI is InChI=1S/C8H16O/c1-7(2)5-8(3,4)6-9/h6-7H,5H2,1-4H3. The van der Waals surface area contributed by atoms with Crippen LogP contribution in [0.1, 0.15) is 34.1 Å². The molecule has 1 nitrogen and oxygen atoms in total. The zero-order chi connectivity index (χ0) is 7.49. The van der Waals surface area contributed by atoms with Crippen LogP contribution in [0.5, 0.6) is 0 Å². The Morgan fingerprint density at radius 3 is 2.00 bits per heavy atom. The maximum atomic E-state index is 10.4. The van der Waals surface area contributed by atoms with Crippen LogP contribution in [0, 0.1) is 11.3 Å². The molecule has 0 saturated carbocycles. The molecule has 0 heterocycles. The number of rotatable bonds is 3. The van der Waals surface area contributed by atoms with Gasteiger partial charge >= 0.3 is 0 Å². The Kier molecular flexibility index (Phi) is 2.89. The molecule has 0 aromatic carbocycles. The lowest BCUT2D eigenvalue weighted by Gasteiger charge is -2.18. The van der Waals surface area contributed by atoms with Crippen molar-refractivity contribution in [2.45, 2.75) is 34.1 Å². The van der Waals surface area contributed by atoms with Gasteiger partial charge in [-0.1, -0.05) is 27.7 Å². The van der Waals surface area contributed by atoms with Gasteiger partial charge in [-0.25, -0.2) is 0 Å². The minimum Gasteiger partial charge on any atom is -0.303 e. The summed E-state index contributed by atoms with van der Waals surface area (Å²) in [5.74, 6) is 0.616. The summed E-state index contributed by atoms with van der Waals surface area (Å²) in [6.07, 6.45) is 2.02.